The first kappa shape index (κ1) is 17.7. The highest BCUT2D eigenvalue weighted by atomic mass is 16.1. The Bertz CT molecular complexity index is 1170. The SMILES string of the molecule is Cc1nc(NCc2ccccc2)nc(-c2c(C)[nH]c3c(C(N)=O)cccc23)n1. The molecule has 2 aromatic heterocycles. The number of nitrogens with zero attached hydrogens (tertiary/aromatic N) is 3. The summed E-state index contributed by atoms with van der Waals surface area (Å²) in [5.41, 5.74) is 9.49. The Morgan fingerprint density at radius 2 is 1.82 bits per heavy atom. The normalized spacial score (nSPS) is 10.9. The zero-order chi connectivity index (χ0) is 19.7. The van der Waals surface area contributed by atoms with Crippen molar-refractivity contribution in [3.8, 4) is 11.4 Å². The molecule has 7 heteroatoms. The lowest BCUT2D eigenvalue weighted by atomic mass is 10.1. The van der Waals surface area contributed by atoms with E-state index in [1.54, 1.807) is 6.07 Å². The summed E-state index contributed by atoms with van der Waals surface area (Å²) in [4.78, 5) is 28.5. The summed E-state index contributed by atoms with van der Waals surface area (Å²) >= 11 is 0. The van der Waals surface area contributed by atoms with Gasteiger partial charge < -0.3 is 16.0 Å². The minimum Gasteiger partial charge on any atom is -0.366 e. The Morgan fingerprint density at radius 3 is 2.57 bits per heavy atom. The molecular weight excluding hydrogens is 352 g/mol. The van der Waals surface area contributed by atoms with Crippen LogP contribution in [0.2, 0.25) is 0 Å². The number of carbonyl (C=O) groups is 1. The molecular formula is C21H20N6O. The van der Waals surface area contributed by atoms with Crippen LogP contribution >= 0.6 is 0 Å². The fourth-order valence-corrected chi connectivity index (χ4v) is 3.29. The average Bonchev–Trinajstić information content (AvgIpc) is 3.02. The molecule has 0 atom stereocenters. The Morgan fingerprint density at radius 1 is 1.04 bits per heavy atom. The molecule has 2 heterocycles. The Hall–Kier alpha value is -3.74. The second kappa shape index (κ2) is 7.11. The monoisotopic (exact) mass is 372 g/mol. The third kappa shape index (κ3) is 3.29. The molecule has 4 aromatic rings. The minimum absolute atomic E-state index is 0.444. The van der Waals surface area contributed by atoms with Crippen LogP contribution in [0.25, 0.3) is 22.3 Å². The summed E-state index contributed by atoms with van der Waals surface area (Å²) in [6.07, 6.45) is 0. The molecule has 0 saturated carbocycles. The molecule has 0 bridgehead atoms. The average molecular weight is 372 g/mol. The van der Waals surface area contributed by atoms with Gasteiger partial charge in [-0.05, 0) is 25.5 Å². The number of para-hydroxylation sites is 1. The van der Waals surface area contributed by atoms with Gasteiger partial charge in [-0.1, -0.05) is 42.5 Å². The zero-order valence-corrected chi connectivity index (χ0v) is 15.7. The van der Waals surface area contributed by atoms with Gasteiger partial charge in [0.05, 0.1) is 11.1 Å². The van der Waals surface area contributed by atoms with Crippen LogP contribution in [0.15, 0.2) is 48.5 Å². The molecule has 0 unspecified atom stereocenters. The van der Waals surface area contributed by atoms with Crippen molar-refractivity contribution in [2.45, 2.75) is 20.4 Å². The van der Waals surface area contributed by atoms with Gasteiger partial charge in [0.1, 0.15) is 5.82 Å². The van der Waals surface area contributed by atoms with Crippen LogP contribution in [0.5, 0.6) is 0 Å². The van der Waals surface area contributed by atoms with Crippen LogP contribution in [0, 0.1) is 13.8 Å². The summed E-state index contributed by atoms with van der Waals surface area (Å²) in [6, 6.07) is 15.5. The van der Waals surface area contributed by atoms with E-state index < -0.39 is 5.91 Å². The van der Waals surface area contributed by atoms with E-state index in [0.29, 0.717) is 35.2 Å². The first-order valence-corrected chi connectivity index (χ1v) is 8.95. The second-order valence-corrected chi connectivity index (χ2v) is 6.59. The highest BCUT2D eigenvalue weighted by Gasteiger charge is 2.18. The number of amides is 1. The molecule has 0 saturated heterocycles. The molecule has 140 valence electrons. The number of anilines is 1. The van der Waals surface area contributed by atoms with Crippen molar-refractivity contribution in [2.75, 3.05) is 5.32 Å². The lowest BCUT2D eigenvalue weighted by Crippen LogP contribution is -2.11. The van der Waals surface area contributed by atoms with E-state index in [2.05, 4.69) is 25.3 Å². The van der Waals surface area contributed by atoms with Crippen molar-refractivity contribution in [3.05, 3.63) is 71.2 Å². The number of H-pyrrole nitrogens is 1. The van der Waals surface area contributed by atoms with E-state index in [1.165, 1.54) is 0 Å². The van der Waals surface area contributed by atoms with Crippen molar-refractivity contribution in [3.63, 3.8) is 0 Å². The van der Waals surface area contributed by atoms with Gasteiger partial charge in [0.25, 0.3) is 5.91 Å². The van der Waals surface area contributed by atoms with E-state index in [-0.39, 0.29) is 0 Å². The number of carbonyl (C=O) groups excluding carboxylic acids is 1. The van der Waals surface area contributed by atoms with Gasteiger partial charge >= 0.3 is 0 Å². The van der Waals surface area contributed by atoms with Gasteiger partial charge in [-0.3, -0.25) is 4.79 Å². The summed E-state index contributed by atoms with van der Waals surface area (Å²) in [5.74, 6) is 1.19. The molecule has 0 spiro atoms. The predicted molar refractivity (Wildman–Crippen MR) is 109 cm³/mol. The predicted octanol–water partition coefficient (Wildman–Crippen LogP) is 3.35. The lowest BCUT2D eigenvalue weighted by molar-refractivity contribution is 0.100. The molecule has 0 aliphatic carbocycles. The third-order valence-corrected chi connectivity index (χ3v) is 4.55. The lowest BCUT2D eigenvalue weighted by Gasteiger charge is -2.08. The minimum atomic E-state index is -0.476. The number of nitrogens with one attached hydrogen (secondary N) is 2. The second-order valence-electron chi connectivity index (χ2n) is 6.59. The van der Waals surface area contributed by atoms with Crippen molar-refractivity contribution in [2.24, 2.45) is 5.73 Å². The maximum atomic E-state index is 11.8. The number of aromatic amines is 1. The van der Waals surface area contributed by atoms with Crippen LogP contribution in [-0.4, -0.2) is 25.8 Å². The maximum absolute atomic E-state index is 11.8. The van der Waals surface area contributed by atoms with Crippen molar-refractivity contribution in [1.29, 1.82) is 0 Å². The van der Waals surface area contributed by atoms with Gasteiger partial charge in [0.15, 0.2) is 5.82 Å². The number of hydrogen-bond donors (Lipinski definition) is 3. The van der Waals surface area contributed by atoms with Crippen LogP contribution in [0.3, 0.4) is 0 Å². The number of fused-ring (bicyclic) bond motifs is 1. The van der Waals surface area contributed by atoms with E-state index in [1.807, 2.05) is 56.3 Å². The molecule has 28 heavy (non-hydrogen) atoms. The zero-order valence-electron chi connectivity index (χ0n) is 15.7. The van der Waals surface area contributed by atoms with Gasteiger partial charge in [-0.25, -0.2) is 4.98 Å². The first-order valence-electron chi connectivity index (χ1n) is 8.95. The van der Waals surface area contributed by atoms with Crippen molar-refractivity contribution >= 4 is 22.8 Å². The van der Waals surface area contributed by atoms with E-state index in [0.717, 1.165) is 22.2 Å². The number of aromatic nitrogens is 4. The number of hydrogen-bond acceptors (Lipinski definition) is 5. The van der Waals surface area contributed by atoms with Crippen LogP contribution in [0.1, 0.15) is 27.4 Å². The molecule has 0 aliphatic heterocycles. The fourth-order valence-electron chi connectivity index (χ4n) is 3.29. The van der Waals surface area contributed by atoms with Gasteiger partial charge in [-0.15, -0.1) is 0 Å². The summed E-state index contributed by atoms with van der Waals surface area (Å²) in [7, 11) is 0. The maximum Gasteiger partial charge on any atom is 0.250 e. The Balaban J connectivity index is 1.75. The number of rotatable bonds is 5. The highest BCUT2D eigenvalue weighted by Crippen LogP contribution is 2.32. The third-order valence-electron chi connectivity index (χ3n) is 4.55. The summed E-state index contributed by atoms with van der Waals surface area (Å²) in [6.45, 7) is 4.37. The van der Waals surface area contributed by atoms with Crippen molar-refractivity contribution in [1.82, 2.24) is 19.9 Å². The number of primary amides is 1. The smallest absolute Gasteiger partial charge is 0.250 e. The summed E-state index contributed by atoms with van der Waals surface area (Å²) < 4.78 is 0. The Kier molecular flexibility index (Phi) is 4.49. The van der Waals surface area contributed by atoms with Crippen LogP contribution in [0.4, 0.5) is 5.95 Å². The molecule has 0 aliphatic rings. The van der Waals surface area contributed by atoms with E-state index in [4.69, 9.17) is 5.73 Å². The standard InChI is InChI=1S/C21H20N6O/c1-12-17(15-9-6-10-16(19(22)28)18(15)24-12)20-25-13(2)26-21(27-20)23-11-14-7-4-3-5-8-14/h3-10,24H,11H2,1-2H3,(H2,22,28)(H,23,25,26,27). The quantitative estimate of drug-likeness (QED) is 0.498. The number of aryl methyl sites for hydroxylation is 2. The van der Waals surface area contributed by atoms with Crippen molar-refractivity contribution < 1.29 is 4.79 Å². The van der Waals surface area contributed by atoms with Crippen LogP contribution in [-0.2, 0) is 6.54 Å². The number of benzene rings is 2. The molecule has 7 nitrogen and oxygen atoms in total. The fraction of sp³-hybridized carbons (Fsp3) is 0.143. The topological polar surface area (TPSA) is 110 Å². The van der Waals surface area contributed by atoms with E-state index >= 15 is 0 Å². The van der Waals surface area contributed by atoms with Gasteiger partial charge in [0.2, 0.25) is 5.95 Å². The molecule has 0 fully saturated rings. The molecule has 4 N–H and O–H groups in total. The van der Waals surface area contributed by atoms with Gasteiger partial charge in [-0.2, -0.15) is 9.97 Å². The highest BCUT2D eigenvalue weighted by molar-refractivity contribution is 6.09. The molecule has 4 rings (SSSR count). The molecule has 1 amide bonds. The molecule has 0 radical (unpaired) electrons. The Labute approximate surface area is 162 Å². The van der Waals surface area contributed by atoms with E-state index in [9.17, 15) is 4.79 Å². The largest absolute Gasteiger partial charge is 0.366 e. The first-order chi connectivity index (χ1) is 13.5. The number of nitrogens with two attached hydrogens (primary N) is 1. The van der Waals surface area contributed by atoms with Gasteiger partial charge in [0, 0.05) is 23.2 Å². The molecule has 2 aromatic carbocycles. The summed E-state index contributed by atoms with van der Waals surface area (Å²) in [5, 5.41) is 4.11. The van der Waals surface area contributed by atoms with Crippen LogP contribution < -0.4 is 11.1 Å².